The number of nitrogens with one attached hydrogen (secondary N) is 1. The predicted molar refractivity (Wildman–Crippen MR) is 85.4 cm³/mol. The van der Waals surface area contributed by atoms with Crippen LogP contribution in [0.25, 0.3) is 0 Å². The van der Waals surface area contributed by atoms with E-state index in [0.29, 0.717) is 0 Å². The quantitative estimate of drug-likeness (QED) is 0.764. The van der Waals surface area contributed by atoms with Gasteiger partial charge in [-0.15, -0.1) is 6.58 Å². The van der Waals surface area contributed by atoms with Crippen LogP contribution in [0.4, 0.5) is 5.69 Å². The molecule has 1 atom stereocenters. The molecule has 0 saturated heterocycles. The summed E-state index contributed by atoms with van der Waals surface area (Å²) in [5, 5.41) is 3.56. The molecule has 0 aliphatic carbocycles. The van der Waals surface area contributed by atoms with Crippen LogP contribution in [-0.4, -0.2) is 7.11 Å². The molecule has 0 radical (unpaired) electrons. The lowest BCUT2D eigenvalue weighted by Gasteiger charge is -2.22. The van der Waals surface area contributed by atoms with E-state index in [4.69, 9.17) is 4.74 Å². The normalized spacial score (nSPS) is 11.7. The molecule has 0 saturated carbocycles. The zero-order valence-corrected chi connectivity index (χ0v) is 12.1. The monoisotopic (exact) mass is 267 g/mol. The van der Waals surface area contributed by atoms with Crippen molar-refractivity contribution < 1.29 is 4.74 Å². The van der Waals surface area contributed by atoms with Crippen molar-refractivity contribution >= 4 is 5.69 Å². The van der Waals surface area contributed by atoms with Crippen molar-refractivity contribution in [2.75, 3.05) is 12.4 Å². The Morgan fingerprint density at radius 1 is 1.15 bits per heavy atom. The molecule has 2 aromatic rings. The average Bonchev–Trinajstić information content (AvgIpc) is 2.48. The molecular weight excluding hydrogens is 246 g/mol. The first kappa shape index (κ1) is 14.2. The van der Waals surface area contributed by atoms with E-state index in [9.17, 15) is 0 Å². The van der Waals surface area contributed by atoms with Crippen LogP contribution in [0.3, 0.4) is 0 Å². The van der Waals surface area contributed by atoms with Gasteiger partial charge in [-0.1, -0.05) is 42.5 Å². The number of rotatable bonds is 6. The Morgan fingerprint density at radius 3 is 2.55 bits per heavy atom. The molecule has 2 rings (SSSR count). The van der Waals surface area contributed by atoms with Crippen molar-refractivity contribution in [2.45, 2.75) is 19.4 Å². The minimum atomic E-state index is 0.199. The lowest BCUT2D eigenvalue weighted by Crippen LogP contribution is -2.12. The minimum Gasteiger partial charge on any atom is -0.495 e. The van der Waals surface area contributed by atoms with Gasteiger partial charge in [0.15, 0.2) is 0 Å². The van der Waals surface area contributed by atoms with E-state index in [1.54, 1.807) is 7.11 Å². The minimum absolute atomic E-state index is 0.199. The lowest BCUT2D eigenvalue weighted by molar-refractivity contribution is 0.416. The number of anilines is 1. The van der Waals surface area contributed by atoms with Gasteiger partial charge in [0, 0.05) is 0 Å². The number of ether oxygens (including phenoxy) is 1. The summed E-state index contributed by atoms with van der Waals surface area (Å²) < 4.78 is 5.40. The fourth-order valence-corrected chi connectivity index (χ4v) is 2.36. The molecule has 0 amide bonds. The molecule has 20 heavy (non-hydrogen) atoms. The zero-order chi connectivity index (χ0) is 14.4. The number of para-hydroxylation sites is 2. The molecule has 2 nitrogen and oxygen atoms in total. The van der Waals surface area contributed by atoms with Gasteiger partial charge in [0.2, 0.25) is 0 Å². The SMILES string of the molecule is C=CCC(Nc1ccccc1OC)c1ccccc1C. The largest absolute Gasteiger partial charge is 0.495 e. The summed E-state index contributed by atoms with van der Waals surface area (Å²) in [6.07, 6.45) is 2.81. The van der Waals surface area contributed by atoms with Gasteiger partial charge in [-0.3, -0.25) is 0 Å². The van der Waals surface area contributed by atoms with Gasteiger partial charge in [0.1, 0.15) is 5.75 Å². The second-order valence-corrected chi connectivity index (χ2v) is 4.78. The summed E-state index contributed by atoms with van der Waals surface area (Å²) in [4.78, 5) is 0. The number of methoxy groups -OCH3 is 1. The smallest absolute Gasteiger partial charge is 0.141 e. The van der Waals surface area contributed by atoms with Crippen LogP contribution in [0.5, 0.6) is 5.75 Å². The summed E-state index contributed by atoms with van der Waals surface area (Å²) >= 11 is 0. The second kappa shape index (κ2) is 6.80. The van der Waals surface area contributed by atoms with Crippen molar-refractivity contribution in [3.63, 3.8) is 0 Å². The van der Waals surface area contributed by atoms with Crippen molar-refractivity contribution in [3.8, 4) is 5.75 Å². The van der Waals surface area contributed by atoms with Gasteiger partial charge in [-0.05, 0) is 36.6 Å². The first-order valence-corrected chi connectivity index (χ1v) is 6.82. The number of hydrogen-bond donors (Lipinski definition) is 1. The van der Waals surface area contributed by atoms with Crippen molar-refractivity contribution in [2.24, 2.45) is 0 Å². The molecule has 2 heteroatoms. The molecule has 0 heterocycles. The Morgan fingerprint density at radius 2 is 1.85 bits per heavy atom. The van der Waals surface area contributed by atoms with Crippen LogP contribution >= 0.6 is 0 Å². The lowest BCUT2D eigenvalue weighted by atomic mass is 9.98. The Hall–Kier alpha value is -2.22. The van der Waals surface area contributed by atoms with Crippen molar-refractivity contribution in [3.05, 3.63) is 72.3 Å². The highest BCUT2D eigenvalue weighted by Crippen LogP contribution is 2.30. The molecule has 104 valence electrons. The Bertz CT molecular complexity index is 577. The maximum Gasteiger partial charge on any atom is 0.141 e. The summed E-state index contributed by atoms with van der Waals surface area (Å²) in [5.41, 5.74) is 3.57. The molecule has 1 N–H and O–H groups in total. The Kier molecular flexibility index (Phi) is 4.83. The molecule has 0 bridgehead atoms. The average molecular weight is 267 g/mol. The highest BCUT2D eigenvalue weighted by Gasteiger charge is 2.13. The van der Waals surface area contributed by atoms with Gasteiger partial charge < -0.3 is 10.1 Å². The third kappa shape index (κ3) is 3.21. The zero-order valence-electron chi connectivity index (χ0n) is 12.1. The van der Waals surface area contributed by atoms with Crippen LogP contribution in [-0.2, 0) is 0 Å². The van der Waals surface area contributed by atoms with Crippen LogP contribution in [0.2, 0.25) is 0 Å². The Labute approximate surface area is 121 Å². The van der Waals surface area contributed by atoms with E-state index in [-0.39, 0.29) is 6.04 Å². The highest BCUT2D eigenvalue weighted by atomic mass is 16.5. The van der Waals surface area contributed by atoms with Crippen molar-refractivity contribution in [1.82, 2.24) is 0 Å². The summed E-state index contributed by atoms with van der Waals surface area (Å²) in [7, 11) is 1.69. The maximum atomic E-state index is 5.40. The van der Waals surface area contributed by atoms with Gasteiger partial charge in [-0.2, -0.15) is 0 Å². The molecular formula is C18H21NO. The van der Waals surface area contributed by atoms with Gasteiger partial charge in [0.05, 0.1) is 18.8 Å². The van der Waals surface area contributed by atoms with Crippen LogP contribution in [0.15, 0.2) is 61.2 Å². The van der Waals surface area contributed by atoms with E-state index in [1.165, 1.54) is 11.1 Å². The molecule has 0 spiro atoms. The second-order valence-electron chi connectivity index (χ2n) is 4.78. The first-order chi connectivity index (χ1) is 9.76. The number of hydrogen-bond acceptors (Lipinski definition) is 2. The standard InChI is InChI=1S/C18H21NO/c1-4-9-16(15-11-6-5-10-14(15)2)19-17-12-7-8-13-18(17)20-3/h4-8,10-13,16,19H,1,9H2,2-3H3. The van der Waals surface area contributed by atoms with Gasteiger partial charge in [-0.25, -0.2) is 0 Å². The molecule has 0 fully saturated rings. The van der Waals surface area contributed by atoms with E-state index in [2.05, 4.69) is 43.1 Å². The third-order valence-electron chi connectivity index (χ3n) is 3.40. The van der Waals surface area contributed by atoms with E-state index in [0.717, 1.165) is 17.9 Å². The molecule has 0 aliphatic heterocycles. The Balaban J connectivity index is 2.30. The molecule has 1 unspecified atom stereocenters. The van der Waals surface area contributed by atoms with Crippen LogP contribution in [0, 0.1) is 6.92 Å². The van der Waals surface area contributed by atoms with Crippen LogP contribution < -0.4 is 10.1 Å². The van der Waals surface area contributed by atoms with E-state index >= 15 is 0 Å². The summed E-state index contributed by atoms with van der Waals surface area (Å²) in [6.45, 7) is 6.00. The van der Waals surface area contributed by atoms with Gasteiger partial charge >= 0.3 is 0 Å². The summed E-state index contributed by atoms with van der Waals surface area (Å²) in [6, 6.07) is 16.6. The number of benzene rings is 2. The van der Waals surface area contributed by atoms with E-state index in [1.807, 2.05) is 30.3 Å². The predicted octanol–water partition coefficient (Wildman–Crippen LogP) is 4.73. The fraction of sp³-hybridized carbons (Fsp3) is 0.222. The van der Waals surface area contributed by atoms with Crippen LogP contribution in [0.1, 0.15) is 23.6 Å². The van der Waals surface area contributed by atoms with E-state index < -0.39 is 0 Å². The van der Waals surface area contributed by atoms with Gasteiger partial charge in [0.25, 0.3) is 0 Å². The number of aryl methyl sites for hydroxylation is 1. The maximum absolute atomic E-state index is 5.40. The topological polar surface area (TPSA) is 21.3 Å². The summed E-state index contributed by atoms with van der Waals surface area (Å²) in [5.74, 6) is 0.857. The molecule has 0 aromatic heterocycles. The molecule has 2 aromatic carbocycles. The highest BCUT2D eigenvalue weighted by molar-refractivity contribution is 5.57. The first-order valence-electron chi connectivity index (χ1n) is 6.82. The molecule has 0 aliphatic rings. The third-order valence-corrected chi connectivity index (χ3v) is 3.40. The fourth-order valence-electron chi connectivity index (χ4n) is 2.36. The van der Waals surface area contributed by atoms with Crippen molar-refractivity contribution in [1.29, 1.82) is 0 Å².